The van der Waals surface area contributed by atoms with Crippen LogP contribution in [0.3, 0.4) is 0 Å². The number of methoxy groups -OCH3 is 1. The molecule has 1 aliphatic heterocycles. The molecular formula is C24H25N3O2S. The van der Waals surface area contributed by atoms with Crippen molar-refractivity contribution in [1.29, 1.82) is 0 Å². The summed E-state index contributed by atoms with van der Waals surface area (Å²) in [5.74, 6) is 4.04. The highest BCUT2D eigenvalue weighted by atomic mass is 32.2. The van der Waals surface area contributed by atoms with Gasteiger partial charge in [0.2, 0.25) is 0 Å². The van der Waals surface area contributed by atoms with Crippen molar-refractivity contribution in [2.24, 2.45) is 0 Å². The van der Waals surface area contributed by atoms with Crippen LogP contribution in [0.2, 0.25) is 0 Å². The van der Waals surface area contributed by atoms with Gasteiger partial charge in [0, 0.05) is 48.5 Å². The normalized spacial score (nSPS) is 13.7. The molecule has 1 N–H and O–H groups in total. The highest BCUT2D eigenvalue weighted by molar-refractivity contribution is 7.99. The number of nitrogens with one attached hydrogen (secondary N) is 1. The molecule has 2 aromatic carbocycles. The molecule has 0 aliphatic carbocycles. The molecule has 1 amide bonds. The standard InChI is InChI=1S/C24H25N3O2S/c1-29-22-4-2-3-18(15-22)16-26-24(28)20-7-5-19(6-8-20)21-9-10-23(25-17-21)27-11-13-30-14-12-27/h2-10,15,17H,11-14,16H2,1H3,(H,26,28). The summed E-state index contributed by atoms with van der Waals surface area (Å²) in [7, 11) is 1.63. The number of carbonyl (C=O) groups excluding carboxylic acids is 1. The number of hydrogen-bond donors (Lipinski definition) is 1. The van der Waals surface area contributed by atoms with Crippen LogP contribution in [-0.2, 0) is 6.54 Å². The molecule has 0 bridgehead atoms. The molecule has 154 valence electrons. The van der Waals surface area contributed by atoms with Gasteiger partial charge in [-0.25, -0.2) is 4.98 Å². The number of carbonyl (C=O) groups is 1. The average molecular weight is 420 g/mol. The number of ether oxygens (including phenoxy) is 1. The van der Waals surface area contributed by atoms with Gasteiger partial charge in [-0.1, -0.05) is 24.3 Å². The van der Waals surface area contributed by atoms with Gasteiger partial charge in [0.05, 0.1) is 7.11 Å². The third-order valence-corrected chi connectivity index (χ3v) is 6.09. The molecule has 0 saturated carbocycles. The average Bonchev–Trinajstić information content (AvgIpc) is 2.83. The lowest BCUT2D eigenvalue weighted by molar-refractivity contribution is 0.0951. The molecule has 30 heavy (non-hydrogen) atoms. The SMILES string of the molecule is COc1cccc(CNC(=O)c2ccc(-c3ccc(N4CCSCC4)nc3)cc2)c1. The number of nitrogens with zero attached hydrogens (tertiary/aromatic N) is 2. The second-order valence-corrected chi connectivity index (χ2v) is 8.34. The van der Waals surface area contributed by atoms with Crippen LogP contribution in [0.4, 0.5) is 5.82 Å². The predicted octanol–water partition coefficient (Wildman–Crippen LogP) is 4.24. The van der Waals surface area contributed by atoms with Crippen LogP contribution >= 0.6 is 11.8 Å². The number of benzene rings is 2. The van der Waals surface area contributed by atoms with Crippen LogP contribution < -0.4 is 15.0 Å². The van der Waals surface area contributed by atoms with Gasteiger partial charge in [-0.15, -0.1) is 0 Å². The fourth-order valence-corrected chi connectivity index (χ4v) is 4.32. The van der Waals surface area contributed by atoms with E-state index in [4.69, 9.17) is 4.74 Å². The summed E-state index contributed by atoms with van der Waals surface area (Å²) in [4.78, 5) is 19.4. The molecule has 6 heteroatoms. The Morgan fingerprint density at radius 2 is 1.83 bits per heavy atom. The Kier molecular flexibility index (Phi) is 6.54. The molecule has 2 heterocycles. The second kappa shape index (κ2) is 9.67. The monoisotopic (exact) mass is 419 g/mol. The third kappa shape index (κ3) is 4.94. The van der Waals surface area contributed by atoms with Gasteiger partial charge in [-0.3, -0.25) is 4.79 Å². The van der Waals surface area contributed by atoms with Crippen molar-refractivity contribution < 1.29 is 9.53 Å². The summed E-state index contributed by atoms with van der Waals surface area (Å²) in [5, 5.41) is 2.96. The van der Waals surface area contributed by atoms with Gasteiger partial charge in [-0.05, 0) is 47.5 Å². The van der Waals surface area contributed by atoms with E-state index in [2.05, 4.69) is 27.3 Å². The number of pyridine rings is 1. The molecule has 1 fully saturated rings. The Morgan fingerprint density at radius 3 is 2.53 bits per heavy atom. The van der Waals surface area contributed by atoms with Gasteiger partial charge in [-0.2, -0.15) is 11.8 Å². The minimum atomic E-state index is -0.0965. The molecule has 0 radical (unpaired) electrons. The first-order chi connectivity index (χ1) is 14.7. The van der Waals surface area contributed by atoms with Crippen molar-refractivity contribution >= 4 is 23.5 Å². The van der Waals surface area contributed by atoms with Gasteiger partial charge in [0.1, 0.15) is 11.6 Å². The van der Waals surface area contributed by atoms with Gasteiger partial charge in [0.25, 0.3) is 5.91 Å². The van der Waals surface area contributed by atoms with Crippen molar-refractivity contribution in [3.8, 4) is 16.9 Å². The van der Waals surface area contributed by atoms with Crippen LogP contribution in [-0.4, -0.2) is 42.6 Å². The van der Waals surface area contributed by atoms with Crippen LogP contribution in [0.15, 0.2) is 66.9 Å². The molecule has 4 rings (SSSR count). The molecule has 5 nitrogen and oxygen atoms in total. The van der Waals surface area contributed by atoms with E-state index in [1.165, 1.54) is 0 Å². The quantitative estimate of drug-likeness (QED) is 0.648. The van der Waals surface area contributed by atoms with Crippen molar-refractivity contribution in [3.05, 3.63) is 78.0 Å². The summed E-state index contributed by atoms with van der Waals surface area (Å²) in [6.07, 6.45) is 1.91. The van der Waals surface area contributed by atoms with Crippen molar-refractivity contribution in [2.45, 2.75) is 6.54 Å². The highest BCUT2D eigenvalue weighted by Crippen LogP contribution is 2.23. The Bertz CT molecular complexity index is 984. The molecular weight excluding hydrogens is 394 g/mol. The van der Waals surface area contributed by atoms with Crippen molar-refractivity contribution in [1.82, 2.24) is 10.3 Å². The molecule has 0 atom stereocenters. The molecule has 1 aliphatic rings. The zero-order valence-electron chi connectivity index (χ0n) is 17.0. The summed E-state index contributed by atoms with van der Waals surface area (Å²) < 4.78 is 5.22. The van der Waals surface area contributed by atoms with Crippen LogP contribution in [0, 0.1) is 0 Å². The minimum Gasteiger partial charge on any atom is -0.497 e. The highest BCUT2D eigenvalue weighted by Gasteiger charge is 2.12. The van der Waals surface area contributed by atoms with E-state index < -0.39 is 0 Å². The maximum Gasteiger partial charge on any atom is 0.251 e. The Labute approximate surface area is 181 Å². The Morgan fingerprint density at radius 1 is 1.07 bits per heavy atom. The first-order valence-electron chi connectivity index (χ1n) is 10.0. The lowest BCUT2D eigenvalue weighted by Crippen LogP contribution is -2.32. The number of hydrogen-bond acceptors (Lipinski definition) is 5. The molecule has 0 spiro atoms. The summed E-state index contributed by atoms with van der Waals surface area (Å²) in [6, 6.07) is 19.5. The molecule has 3 aromatic rings. The lowest BCUT2D eigenvalue weighted by atomic mass is 10.1. The Balaban J connectivity index is 1.37. The van der Waals surface area contributed by atoms with Crippen molar-refractivity contribution in [3.63, 3.8) is 0 Å². The van der Waals surface area contributed by atoms with Gasteiger partial charge in [0.15, 0.2) is 0 Å². The fourth-order valence-electron chi connectivity index (χ4n) is 3.42. The number of rotatable bonds is 6. The first kappa shape index (κ1) is 20.3. The second-order valence-electron chi connectivity index (χ2n) is 7.12. The minimum absolute atomic E-state index is 0.0965. The fraction of sp³-hybridized carbons (Fsp3) is 0.250. The summed E-state index contributed by atoms with van der Waals surface area (Å²) in [5.41, 5.74) is 3.73. The molecule has 1 aromatic heterocycles. The number of anilines is 1. The number of thioether (sulfide) groups is 1. The van der Waals surface area contributed by atoms with E-state index in [0.717, 1.165) is 52.9 Å². The first-order valence-corrected chi connectivity index (χ1v) is 11.2. The van der Waals surface area contributed by atoms with Gasteiger partial charge < -0.3 is 15.0 Å². The molecule has 0 unspecified atom stereocenters. The van der Waals surface area contributed by atoms with Crippen LogP contribution in [0.25, 0.3) is 11.1 Å². The van der Waals surface area contributed by atoms with Gasteiger partial charge >= 0.3 is 0 Å². The van der Waals surface area contributed by atoms with E-state index in [-0.39, 0.29) is 5.91 Å². The van der Waals surface area contributed by atoms with Crippen molar-refractivity contribution in [2.75, 3.05) is 36.6 Å². The summed E-state index contributed by atoms with van der Waals surface area (Å²) >= 11 is 1.99. The Hall–Kier alpha value is -2.99. The predicted molar refractivity (Wildman–Crippen MR) is 123 cm³/mol. The van der Waals surface area contributed by atoms with E-state index in [9.17, 15) is 4.79 Å². The lowest BCUT2D eigenvalue weighted by Gasteiger charge is -2.27. The molecule has 1 saturated heterocycles. The zero-order chi connectivity index (χ0) is 20.8. The zero-order valence-corrected chi connectivity index (χ0v) is 17.8. The topological polar surface area (TPSA) is 54.5 Å². The third-order valence-electron chi connectivity index (χ3n) is 5.15. The van der Waals surface area contributed by atoms with Crippen LogP contribution in [0.1, 0.15) is 15.9 Å². The van der Waals surface area contributed by atoms with E-state index in [1.807, 2.05) is 66.5 Å². The van der Waals surface area contributed by atoms with Crippen LogP contribution in [0.5, 0.6) is 5.75 Å². The summed E-state index contributed by atoms with van der Waals surface area (Å²) in [6.45, 7) is 2.56. The maximum absolute atomic E-state index is 12.5. The maximum atomic E-state index is 12.5. The smallest absolute Gasteiger partial charge is 0.251 e. The largest absolute Gasteiger partial charge is 0.497 e. The van der Waals surface area contributed by atoms with E-state index >= 15 is 0 Å². The number of amides is 1. The number of aromatic nitrogens is 1. The van der Waals surface area contributed by atoms with E-state index in [0.29, 0.717) is 12.1 Å². The van der Waals surface area contributed by atoms with E-state index in [1.54, 1.807) is 7.11 Å².